The predicted molar refractivity (Wildman–Crippen MR) is 354 cm³/mol. The molecule has 24 nitrogen and oxygen atoms in total. The number of allylic oxidation sites excluding steroid dienone is 2. The lowest BCUT2D eigenvalue weighted by Gasteiger charge is -2.41. The molecule has 1 aromatic carbocycles. The van der Waals surface area contributed by atoms with Gasteiger partial charge in [0.1, 0.15) is 60.4 Å². The van der Waals surface area contributed by atoms with Crippen LogP contribution in [0.2, 0.25) is 0 Å². The Balaban J connectivity index is 3.09. The molecule has 11 amide bonds. The highest BCUT2D eigenvalue weighted by atomic mass is 16.3. The number of aliphatic hydroxyl groups excluding tert-OH is 2. The second-order valence-corrected chi connectivity index (χ2v) is 27.6. The van der Waals surface area contributed by atoms with Crippen molar-refractivity contribution in [1.82, 2.24) is 55.6 Å². The lowest BCUT2D eigenvalue weighted by molar-refractivity contribution is -0.157. The summed E-state index contributed by atoms with van der Waals surface area (Å²) in [5.74, 6) is -10.7. The molecular formula is C68H115N11O13. The fourth-order valence-electron chi connectivity index (χ4n) is 11.6. The fourth-order valence-corrected chi connectivity index (χ4v) is 11.6. The van der Waals surface area contributed by atoms with E-state index >= 15 is 14.4 Å². The van der Waals surface area contributed by atoms with Crippen molar-refractivity contribution in [3.8, 4) is 0 Å². The number of nitrogens with one attached hydrogen (secondary N) is 4. The summed E-state index contributed by atoms with van der Waals surface area (Å²) in [5, 5.41) is 34.2. The second kappa shape index (κ2) is 37.7. The first-order chi connectivity index (χ1) is 42.8. The van der Waals surface area contributed by atoms with E-state index in [-0.39, 0.29) is 62.2 Å². The topological polar surface area (TPSA) is 299 Å². The maximum atomic E-state index is 15.3. The molecule has 0 aliphatic carbocycles. The van der Waals surface area contributed by atoms with Gasteiger partial charge in [0, 0.05) is 55.8 Å². The molecule has 1 aromatic rings. The minimum absolute atomic E-state index is 0.00723. The number of benzene rings is 1. The van der Waals surface area contributed by atoms with Gasteiger partial charge in [-0.1, -0.05) is 139 Å². The van der Waals surface area contributed by atoms with Crippen LogP contribution in [0.15, 0.2) is 42.5 Å². The minimum Gasteiger partial charge on any atom is -0.394 e. The van der Waals surface area contributed by atoms with Gasteiger partial charge in [0.2, 0.25) is 65.0 Å². The van der Waals surface area contributed by atoms with Gasteiger partial charge in [0.25, 0.3) is 0 Å². The number of amides is 11. The highest BCUT2D eigenvalue weighted by Crippen LogP contribution is 2.26. The van der Waals surface area contributed by atoms with Gasteiger partial charge in [-0.25, -0.2) is 0 Å². The average molecular weight is 1290 g/mol. The first-order valence-corrected chi connectivity index (χ1v) is 32.8. The van der Waals surface area contributed by atoms with Crippen LogP contribution in [0.25, 0.3) is 0 Å². The van der Waals surface area contributed by atoms with Crippen LogP contribution in [-0.4, -0.2) is 238 Å². The zero-order chi connectivity index (χ0) is 70.5. The molecule has 1 aliphatic heterocycles. The number of likely N-dealkylation sites (N-methyl/N-ethyl adjacent to an activating group) is 7. The summed E-state index contributed by atoms with van der Waals surface area (Å²) in [5.41, 5.74) is 0.615. The van der Waals surface area contributed by atoms with E-state index in [1.807, 2.05) is 55.4 Å². The molecule has 1 heterocycles. The lowest BCUT2D eigenvalue weighted by atomic mass is 9.91. The maximum Gasteiger partial charge on any atom is 0.247 e. The van der Waals surface area contributed by atoms with Gasteiger partial charge in [-0.3, -0.25) is 52.7 Å². The van der Waals surface area contributed by atoms with Crippen LogP contribution >= 0.6 is 0 Å². The van der Waals surface area contributed by atoms with Crippen LogP contribution in [0.5, 0.6) is 0 Å². The van der Waals surface area contributed by atoms with Crippen LogP contribution in [0.4, 0.5) is 0 Å². The van der Waals surface area contributed by atoms with Crippen LogP contribution in [-0.2, 0) is 59.2 Å². The van der Waals surface area contributed by atoms with E-state index in [1.165, 1.54) is 68.9 Å². The first-order valence-electron chi connectivity index (χ1n) is 32.8. The number of hydrogen-bond acceptors (Lipinski definition) is 13. The van der Waals surface area contributed by atoms with E-state index in [0.29, 0.717) is 12.0 Å². The molecule has 2 rings (SSSR count). The van der Waals surface area contributed by atoms with E-state index in [0.717, 1.165) is 14.7 Å². The highest BCUT2D eigenvalue weighted by Gasteiger charge is 2.46. The third kappa shape index (κ3) is 22.7. The summed E-state index contributed by atoms with van der Waals surface area (Å²) in [7, 11) is 9.74. The smallest absolute Gasteiger partial charge is 0.247 e. The highest BCUT2D eigenvalue weighted by molar-refractivity contribution is 6.00. The molecule has 0 aromatic heterocycles. The third-order valence-electron chi connectivity index (χ3n) is 17.3. The van der Waals surface area contributed by atoms with Crippen LogP contribution < -0.4 is 21.3 Å². The molecule has 0 saturated carbocycles. The summed E-state index contributed by atoms with van der Waals surface area (Å²) in [4.78, 5) is 171. The van der Waals surface area contributed by atoms with E-state index < -0.39 is 162 Å². The van der Waals surface area contributed by atoms with Crippen molar-refractivity contribution in [1.29, 1.82) is 0 Å². The Morgan fingerprint density at radius 1 is 0.478 bits per heavy atom. The normalized spacial score (nSPS) is 25.7. The van der Waals surface area contributed by atoms with Crippen molar-refractivity contribution in [3.05, 3.63) is 48.0 Å². The summed E-state index contributed by atoms with van der Waals surface area (Å²) in [6.45, 7) is 25.3. The molecule has 0 unspecified atom stereocenters. The van der Waals surface area contributed by atoms with Crippen molar-refractivity contribution in [2.75, 3.05) is 62.5 Å². The number of nitrogens with zero attached hydrogens (tertiary/aromatic N) is 7. The summed E-state index contributed by atoms with van der Waals surface area (Å²) >= 11 is 0. The summed E-state index contributed by atoms with van der Waals surface area (Å²) in [6.07, 6.45) is 2.65. The van der Waals surface area contributed by atoms with Crippen molar-refractivity contribution in [2.24, 2.45) is 41.4 Å². The number of carbonyl (C=O) groups is 11. The second-order valence-electron chi connectivity index (χ2n) is 27.6. The molecule has 0 radical (unpaired) electrons. The van der Waals surface area contributed by atoms with Gasteiger partial charge in [-0.15, -0.1) is 0 Å². The molecule has 6 N–H and O–H groups in total. The zero-order valence-corrected chi connectivity index (χ0v) is 59.3. The lowest BCUT2D eigenvalue weighted by Crippen LogP contribution is -2.63. The van der Waals surface area contributed by atoms with E-state index in [2.05, 4.69) is 21.3 Å². The summed E-state index contributed by atoms with van der Waals surface area (Å²) < 4.78 is 0. The van der Waals surface area contributed by atoms with Gasteiger partial charge in [0.15, 0.2) is 0 Å². The standard InChI is InChI=1S/C68H115N11O13/c1-23-25-29-45(15)58(82)57-62(86)69-47(24-2)63(87)73(16)37-54(81)74(17)50(32-39(3)4)61(85)72-55(43(11)12)67(91)75(18)51(33-40(5)6)60(84)70-48(36-46-30-27-26-28-31-46)59(83)71-49(38-80)64(88)76(19)52(34-41(7)8)65(89)77(20)53(35-42(9)10)66(90)78(21)56(44(13)14)68(92)79(57)22/h23,25-28,30-31,39-45,47-53,55-58,80,82H,24,29,32-38H2,1-22H3,(H,69,86)(H,70,84)(H,71,83)(H,72,85)/b25-23+/t45-,47+,48+,49-,50+,51+,52+,53+,55+,56+,57+,58-/m1/s1. The molecule has 92 heavy (non-hydrogen) atoms. The van der Waals surface area contributed by atoms with Crippen LogP contribution in [0.1, 0.15) is 148 Å². The first kappa shape index (κ1) is 81.1. The SMILES string of the molecule is C/C=C/C[C@@H](C)[C@@H](O)[C@H]1C(=O)N[C@@H](CC)C(=O)N(C)CC(=O)N(C)[C@@H](CC(C)C)C(=O)N[C@@H](C(C)C)C(=O)N(C)[C@@H](CC(C)C)C(=O)N[C@@H](Cc2ccccc2)C(=O)N[C@H](CO)C(=O)N(C)[C@@H](CC(C)C)C(=O)N(C)[C@@H](CC(C)C)C(=O)N(C)[C@@H](C(C)C)C(=O)N1C. The van der Waals surface area contributed by atoms with Gasteiger partial charge in [-0.2, -0.15) is 0 Å². The van der Waals surface area contributed by atoms with E-state index in [1.54, 1.807) is 91.0 Å². The predicted octanol–water partition coefficient (Wildman–Crippen LogP) is 3.46. The monoisotopic (exact) mass is 1290 g/mol. The van der Waals surface area contributed by atoms with Crippen LogP contribution in [0, 0.1) is 41.4 Å². The largest absolute Gasteiger partial charge is 0.394 e. The Morgan fingerprint density at radius 2 is 0.913 bits per heavy atom. The van der Waals surface area contributed by atoms with Crippen LogP contribution in [0.3, 0.4) is 0 Å². The zero-order valence-electron chi connectivity index (χ0n) is 59.3. The Labute approximate surface area is 548 Å². The Hall–Kier alpha value is -6.95. The third-order valence-corrected chi connectivity index (χ3v) is 17.3. The van der Waals surface area contributed by atoms with Crippen molar-refractivity contribution in [2.45, 2.75) is 215 Å². The summed E-state index contributed by atoms with van der Waals surface area (Å²) in [6, 6.07) is -4.67. The average Bonchev–Trinajstić information content (AvgIpc) is 0.824. The van der Waals surface area contributed by atoms with E-state index in [9.17, 15) is 48.6 Å². The molecule has 12 atom stereocenters. The molecule has 520 valence electrons. The Bertz CT molecular complexity index is 2670. The van der Waals surface area contributed by atoms with Crippen molar-refractivity contribution >= 4 is 65.0 Å². The molecular weight excluding hydrogens is 1180 g/mol. The quantitative estimate of drug-likeness (QED) is 0.115. The van der Waals surface area contributed by atoms with Gasteiger partial charge >= 0.3 is 0 Å². The number of carbonyl (C=O) groups excluding carboxylic acids is 11. The minimum atomic E-state index is -1.66. The maximum absolute atomic E-state index is 15.3. The number of hydrogen-bond donors (Lipinski definition) is 6. The Morgan fingerprint density at radius 3 is 1.38 bits per heavy atom. The number of rotatable bonds is 18. The van der Waals surface area contributed by atoms with Gasteiger partial charge in [-0.05, 0) is 92.4 Å². The molecule has 1 fully saturated rings. The van der Waals surface area contributed by atoms with Crippen molar-refractivity contribution in [3.63, 3.8) is 0 Å². The fraction of sp³-hybridized carbons (Fsp3) is 0.721. The number of aliphatic hydroxyl groups is 2. The van der Waals surface area contributed by atoms with E-state index in [4.69, 9.17) is 0 Å². The molecule has 1 saturated heterocycles. The Kier molecular flexibility index (Phi) is 33.2. The van der Waals surface area contributed by atoms with Gasteiger partial charge in [0.05, 0.1) is 19.3 Å². The van der Waals surface area contributed by atoms with Crippen molar-refractivity contribution < 1.29 is 63.0 Å². The molecule has 0 bridgehead atoms. The molecule has 24 heteroatoms. The molecule has 1 aliphatic rings. The van der Waals surface area contributed by atoms with Gasteiger partial charge < -0.3 is 65.8 Å². The molecule has 0 spiro atoms.